The number of nitro benzene ring substituents is 1. The maximum absolute atomic E-state index is 13.3. The van der Waals surface area contributed by atoms with E-state index in [0.717, 1.165) is 12.1 Å². The number of aliphatic hydroxyl groups is 1. The van der Waals surface area contributed by atoms with Crippen molar-refractivity contribution in [2.75, 3.05) is 6.54 Å². The molecule has 0 aliphatic carbocycles. The van der Waals surface area contributed by atoms with Gasteiger partial charge in [-0.15, -0.1) is 0 Å². The third-order valence-electron chi connectivity index (χ3n) is 5.43. The second-order valence-electron chi connectivity index (χ2n) is 7.51. The molecule has 1 saturated heterocycles. The van der Waals surface area contributed by atoms with Crippen LogP contribution in [0.1, 0.15) is 23.6 Å². The van der Waals surface area contributed by atoms with Crippen molar-refractivity contribution in [3.63, 3.8) is 0 Å². The van der Waals surface area contributed by atoms with Gasteiger partial charge in [0.15, 0.2) is 0 Å². The number of imidazole rings is 1. The van der Waals surface area contributed by atoms with E-state index >= 15 is 0 Å². The van der Waals surface area contributed by atoms with E-state index in [1.54, 1.807) is 24.8 Å². The van der Waals surface area contributed by atoms with Crippen molar-refractivity contribution in [3.8, 4) is 0 Å². The number of ketones is 1. The number of amides is 1. The fourth-order valence-corrected chi connectivity index (χ4v) is 3.87. The largest absolute Gasteiger partial charge is 0.507 e. The van der Waals surface area contributed by atoms with Gasteiger partial charge in [0, 0.05) is 43.2 Å². The number of Topliss-reactive ketones (excluding diaryl/α,β-unsaturated/α-hetero) is 1. The Kier molecular flexibility index (Phi) is 5.99. The average molecular weight is 450 g/mol. The lowest BCUT2D eigenvalue weighted by Crippen LogP contribution is -2.31. The van der Waals surface area contributed by atoms with Crippen LogP contribution in [0.25, 0.3) is 5.76 Å². The number of hydrogen-bond donors (Lipinski definition) is 1. The van der Waals surface area contributed by atoms with Crippen LogP contribution in [0.3, 0.4) is 0 Å². The van der Waals surface area contributed by atoms with Gasteiger partial charge in [0.05, 0.1) is 22.9 Å². The highest BCUT2D eigenvalue weighted by Gasteiger charge is 2.46. The number of nitrogens with zero attached hydrogens (tertiary/aromatic N) is 4. The molecule has 1 aromatic heterocycles. The number of aliphatic hydroxyl groups excluding tert-OH is 1. The fraction of sp³-hybridized carbons (Fsp3) is 0.174. The molecule has 168 valence electrons. The monoisotopic (exact) mass is 450 g/mol. The predicted molar refractivity (Wildman–Crippen MR) is 115 cm³/mol. The van der Waals surface area contributed by atoms with Crippen LogP contribution in [-0.4, -0.2) is 42.7 Å². The number of likely N-dealkylation sites (tertiary alicyclic amines) is 1. The molecule has 0 saturated carbocycles. The highest BCUT2D eigenvalue weighted by molar-refractivity contribution is 6.46. The summed E-state index contributed by atoms with van der Waals surface area (Å²) in [7, 11) is 0. The zero-order chi connectivity index (χ0) is 23.5. The van der Waals surface area contributed by atoms with E-state index in [9.17, 15) is 29.2 Å². The first-order chi connectivity index (χ1) is 15.9. The third-order valence-corrected chi connectivity index (χ3v) is 5.43. The van der Waals surface area contributed by atoms with Gasteiger partial charge in [0.2, 0.25) is 0 Å². The number of aryl methyl sites for hydroxylation is 1. The lowest BCUT2D eigenvalue weighted by Gasteiger charge is -2.25. The molecule has 0 bridgehead atoms. The van der Waals surface area contributed by atoms with Crippen LogP contribution in [-0.2, 0) is 16.1 Å². The normalized spacial score (nSPS) is 17.5. The molecule has 4 rings (SSSR count). The molecule has 1 aliphatic heterocycles. The molecule has 9 nitrogen and oxygen atoms in total. The molecule has 1 unspecified atom stereocenters. The fourth-order valence-electron chi connectivity index (χ4n) is 3.87. The van der Waals surface area contributed by atoms with Crippen molar-refractivity contribution in [1.29, 1.82) is 0 Å². The highest BCUT2D eigenvalue weighted by atomic mass is 19.1. The van der Waals surface area contributed by atoms with Crippen LogP contribution in [0.5, 0.6) is 0 Å². The zero-order valence-corrected chi connectivity index (χ0v) is 17.3. The summed E-state index contributed by atoms with van der Waals surface area (Å²) in [6.45, 7) is 0.693. The van der Waals surface area contributed by atoms with Gasteiger partial charge in [-0.1, -0.05) is 12.1 Å². The van der Waals surface area contributed by atoms with Crippen LogP contribution in [0.4, 0.5) is 10.1 Å². The number of non-ortho nitro benzene ring substituents is 1. The molecule has 1 N–H and O–H groups in total. The molecule has 33 heavy (non-hydrogen) atoms. The van der Waals surface area contributed by atoms with Gasteiger partial charge in [-0.3, -0.25) is 19.7 Å². The number of carbonyl (C=O) groups is 2. The number of nitro groups is 1. The molecule has 1 aliphatic rings. The van der Waals surface area contributed by atoms with Crippen molar-refractivity contribution < 1.29 is 24.0 Å². The number of hydrogen-bond acceptors (Lipinski definition) is 6. The van der Waals surface area contributed by atoms with E-state index in [2.05, 4.69) is 4.98 Å². The third kappa shape index (κ3) is 4.36. The van der Waals surface area contributed by atoms with Gasteiger partial charge in [-0.2, -0.15) is 0 Å². The summed E-state index contributed by atoms with van der Waals surface area (Å²) in [6.07, 6.45) is 5.49. The van der Waals surface area contributed by atoms with Gasteiger partial charge >= 0.3 is 0 Å². The van der Waals surface area contributed by atoms with Gasteiger partial charge in [0.25, 0.3) is 17.4 Å². The van der Waals surface area contributed by atoms with E-state index in [0.29, 0.717) is 18.5 Å². The van der Waals surface area contributed by atoms with Crippen LogP contribution >= 0.6 is 0 Å². The molecule has 1 atom stereocenters. The minimum absolute atomic E-state index is 0.156. The first-order valence-corrected chi connectivity index (χ1v) is 10.1. The summed E-state index contributed by atoms with van der Waals surface area (Å²) in [5.41, 5.74) is 0.0611. The Morgan fingerprint density at radius 1 is 1.15 bits per heavy atom. The lowest BCUT2D eigenvalue weighted by atomic mass is 9.95. The van der Waals surface area contributed by atoms with Gasteiger partial charge in [0.1, 0.15) is 11.6 Å². The van der Waals surface area contributed by atoms with Crippen LogP contribution in [0.2, 0.25) is 0 Å². The van der Waals surface area contributed by atoms with Crippen LogP contribution in [0.15, 0.2) is 72.8 Å². The van der Waals surface area contributed by atoms with Crippen molar-refractivity contribution in [2.24, 2.45) is 0 Å². The zero-order valence-electron chi connectivity index (χ0n) is 17.3. The Morgan fingerprint density at radius 2 is 1.91 bits per heavy atom. The van der Waals surface area contributed by atoms with Crippen molar-refractivity contribution in [3.05, 3.63) is 99.9 Å². The predicted octanol–water partition coefficient (Wildman–Crippen LogP) is 3.44. The lowest BCUT2D eigenvalue weighted by molar-refractivity contribution is -0.384. The Hall–Kier alpha value is -4.34. The van der Waals surface area contributed by atoms with Gasteiger partial charge in [-0.05, 0) is 36.2 Å². The topological polar surface area (TPSA) is 119 Å². The number of rotatable bonds is 7. The first kappa shape index (κ1) is 21.9. The van der Waals surface area contributed by atoms with E-state index in [1.807, 2.05) is 4.57 Å². The quantitative estimate of drug-likeness (QED) is 0.194. The Morgan fingerprint density at radius 3 is 2.58 bits per heavy atom. The van der Waals surface area contributed by atoms with Crippen molar-refractivity contribution in [1.82, 2.24) is 14.5 Å². The van der Waals surface area contributed by atoms with Crippen LogP contribution in [0, 0.1) is 15.9 Å². The summed E-state index contributed by atoms with van der Waals surface area (Å²) in [5.74, 6) is -2.72. The molecule has 0 radical (unpaired) electrons. The Labute approximate surface area is 187 Å². The Balaban J connectivity index is 1.76. The molecule has 3 aromatic rings. The molecule has 1 fully saturated rings. The van der Waals surface area contributed by atoms with Gasteiger partial charge in [-0.25, -0.2) is 9.37 Å². The van der Waals surface area contributed by atoms with Crippen molar-refractivity contribution >= 4 is 23.1 Å². The second-order valence-corrected chi connectivity index (χ2v) is 7.51. The summed E-state index contributed by atoms with van der Waals surface area (Å²) in [6, 6.07) is 9.39. The minimum Gasteiger partial charge on any atom is -0.507 e. The second kappa shape index (κ2) is 9.03. The first-order valence-electron chi connectivity index (χ1n) is 10.1. The van der Waals surface area contributed by atoms with E-state index in [1.165, 1.54) is 35.2 Å². The molecule has 1 amide bonds. The summed E-state index contributed by atoms with van der Waals surface area (Å²) in [5, 5.41) is 22.2. The molecule has 10 heteroatoms. The van der Waals surface area contributed by atoms with E-state index in [4.69, 9.17) is 0 Å². The molecule has 2 heterocycles. The maximum atomic E-state index is 13.3. The molecular formula is C23H19FN4O5. The molecular weight excluding hydrogens is 431 g/mol. The van der Waals surface area contributed by atoms with Gasteiger partial charge < -0.3 is 14.6 Å². The number of aromatic nitrogens is 2. The standard InChI is InChI=1S/C23H19FN4O5/c24-17-7-5-15(6-8-17)21(29)19-20(16-3-1-4-18(13-16)28(32)33)27(23(31)22(19)30)11-2-10-26-12-9-25-14-26/h1,3-9,12-14,20,29H,2,10-11H2/b21-19+. The molecule has 2 aromatic carbocycles. The average Bonchev–Trinajstić information content (AvgIpc) is 3.41. The highest BCUT2D eigenvalue weighted by Crippen LogP contribution is 2.40. The van der Waals surface area contributed by atoms with E-state index in [-0.39, 0.29) is 23.4 Å². The SMILES string of the molecule is O=C1C(=O)N(CCCn2ccnc2)C(c2cccc([N+](=O)[O-])c2)/C1=C(\O)c1ccc(F)cc1. The number of halogens is 1. The summed E-state index contributed by atoms with van der Waals surface area (Å²) < 4.78 is 15.2. The van der Waals surface area contributed by atoms with E-state index < -0.39 is 34.2 Å². The minimum atomic E-state index is -1.03. The van der Waals surface area contributed by atoms with Crippen molar-refractivity contribution in [2.45, 2.75) is 19.0 Å². The molecule has 0 spiro atoms. The summed E-state index contributed by atoms with van der Waals surface area (Å²) >= 11 is 0. The maximum Gasteiger partial charge on any atom is 0.295 e. The number of benzene rings is 2. The Bertz CT molecular complexity index is 1240. The summed E-state index contributed by atoms with van der Waals surface area (Å²) in [4.78, 5) is 41.9. The smallest absolute Gasteiger partial charge is 0.295 e. The van der Waals surface area contributed by atoms with Crippen LogP contribution < -0.4 is 0 Å². The number of carbonyl (C=O) groups excluding carboxylic acids is 2.